The first-order valence-electron chi connectivity index (χ1n) is 5.43. The first-order valence-corrected chi connectivity index (χ1v) is 5.43. The van der Waals surface area contributed by atoms with Crippen LogP contribution in [0.25, 0.3) is 11.1 Å². The number of aryl methyl sites for hydroxylation is 1. The summed E-state index contributed by atoms with van der Waals surface area (Å²) in [5, 5.41) is 0. The minimum absolute atomic E-state index is 0.483. The summed E-state index contributed by atoms with van der Waals surface area (Å²) in [6.45, 7) is 1.99. The summed E-state index contributed by atoms with van der Waals surface area (Å²) >= 11 is 0. The van der Waals surface area contributed by atoms with Crippen molar-refractivity contribution >= 4 is 11.8 Å². The zero-order chi connectivity index (χ0) is 13.0. The molecule has 0 fully saturated rings. The van der Waals surface area contributed by atoms with Crippen molar-refractivity contribution in [3.05, 3.63) is 42.2 Å². The smallest absolute Gasteiger partial charge is 0.240 e. The number of hydrogen-bond acceptors (Lipinski definition) is 4. The van der Waals surface area contributed by atoms with Gasteiger partial charge in [0.25, 0.3) is 0 Å². The van der Waals surface area contributed by atoms with E-state index in [-0.39, 0.29) is 0 Å². The molecule has 90 valence electrons. The van der Waals surface area contributed by atoms with Crippen LogP contribution in [0.1, 0.15) is 5.56 Å². The third-order valence-corrected chi connectivity index (χ3v) is 2.61. The van der Waals surface area contributed by atoms with Crippen LogP contribution in [0, 0.1) is 6.92 Å². The molecule has 2 aromatic rings. The van der Waals surface area contributed by atoms with Crippen LogP contribution < -0.4 is 4.74 Å². The molecule has 18 heavy (non-hydrogen) atoms. The fraction of sp³-hybridized carbons (Fsp3) is 0.143. The second kappa shape index (κ2) is 5.25. The van der Waals surface area contributed by atoms with Gasteiger partial charge in [0.2, 0.25) is 6.08 Å². The van der Waals surface area contributed by atoms with E-state index in [0.717, 1.165) is 22.4 Å². The Labute approximate surface area is 105 Å². The van der Waals surface area contributed by atoms with E-state index >= 15 is 0 Å². The number of methoxy groups -OCH3 is 1. The van der Waals surface area contributed by atoms with Crippen LogP contribution in [0.4, 0.5) is 5.69 Å². The number of aromatic nitrogens is 1. The van der Waals surface area contributed by atoms with Crippen LogP contribution in [0.5, 0.6) is 5.75 Å². The molecule has 0 spiro atoms. The van der Waals surface area contributed by atoms with Crippen molar-refractivity contribution in [2.24, 2.45) is 4.99 Å². The Bertz CT molecular complexity index is 617. The Morgan fingerprint density at radius 3 is 2.83 bits per heavy atom. The zero-order valence-electron chi connectivity index (χ0n) is 10.2. The van der Waals surface area contributed by atoms with Crippen molar-refractivity contribution in [2.75, 3.05) is 7.11 Å². The quantitative estimate of drug-likeness (QED) is 0.612. The van der Waals surface area contributed by atoms with E-state index in [1.54, 1.807) is 25.5 Å². The van der Waals surface area contributed by atoms with Gasteiger partial charge in [-0.2, -0.15) is 4.99 Å². The minimum atomic E-state index is 0.483. The third kappa shape index (κ3) is 2.29. The number of ether oxygens (including phenoxy) is 1. The molecule has 0 aliphatic heterocycles. The fourth-order valence-electron chi connectivity index (χ4n) is 1.78. The lowest BCUT2D eigenvalue weighted by molar-refractivity contribution is 0.416. The number of isocyanates is 1. The van der Waals surface area contributed by atoms with Gasteiger partial charge in [0.1, 0.15) is 11.4 Å². The van der Waals surface area contributed by atoms with E-state index < -0.39 is 0 Å². The van der Waals surface area contributed by atoms with Crippen molar-refractivity contribution < 1.29 is 9.53 Å². The topological polar surface area (TPSA) is 51.6 Å². The van der Waals surface area contributed by atoms with Crippen molar-refractivity contribution in [2.45, 2.75) is 6.92 Å². The zero-order valence-corrected chi connectivity index (χ0v) is 10.2. The standard InChI is InChI=1S/C14H12N2O2/c1-10-3-4-14(18-2)12(7-10)11-5-6-15-8-13(11)16-9-17/h3-8H,1-2H3. The van der Waals surface area contributed by atoms with Gasteiger partial charge in [-0.25, -0.2) is 4.79 Å². The van der Waals surface area contributed by atoms with Crippen LogP contribution in [0.2, 0.25) is 0 Å². The fourth-order valence-corrected chi connectivity index (χ4v) is 1.78. The van der Waals surface area contributed by atoms with E-state index in [0.29, 0.717) is 5.69 Å². The van der Waals surface area contributed by atoms with Gasteiger partial charge in [-0.05, 0) is 25.1 Å². The molecular weight excluding hydrogens is 228 g/mol. The summed E-state index contributed by atoms with van der Waals surface area (Å²) in [6.07, 6.45) is 4.72. The summed E-state index contributed by atoms with van der Waals surface area (Å²) in [5.41, 5.74) is 3.27. The van der Waals surface area contributed by atoms with Crippen LogP contribution >= 0.6 is 0 Å². The number of hydrogen-bond donors (Lipinski definition) is 0. The van der Waals surface area contributed by atoms with E-state index in [9.17, 15) is 4.79 Å². The number of nitrogens with zero attached hydrogens (tertiary/aromatic N) is 2. The summed E-state index contributed by atoms with van der Waals surface area (Å²) in [5.74, 6) is 0.731. The summed E-state index contributed by atoms with van der Waals surface area (Å²) < 4.78 is 5.33. The Balaban J connectivity index is 2.68. The van der Waals surface area contributed by atoms with Crippen LogP contribution in [-0.4, -0.2) is 18.2 Å². The highest BCUT2D eigenvalue weighted by atomic mass is 16.5. The maximum atomic E-state index is 10.4. The largest absolute Gasteiger partial charge is 0.496 e. The average molecular weight is 240 g/mol. The maximum Gasteiger partial charge on any atom is 0.240 e. The van der Waals surface area contributed by atoms with Crippen molar-refractivity contribution in [1.29, 1.82) is 0 Å². The maximum absolute atomic E-state index is 10.4. The first-order chi connectivity index (χ1) is 8.76. The molecule has 0 radical (unpaired) electrons. The highest BCUT2D eigenvalue weighted by Crippen LogP contribution is 2.36. The number of aliphatic imine (C=N–C) groups is 1. The average Bonchev–Trinajstić information content (AvgIpc) is 2.40. The molecule has 2 rings (SSSR count). The molecule has 4 nitrogen and oxygen atoms in total. The predicted octanol–water partition coefficient (Wildman–Crippen LogP) is 3.03. The number of rotatable bonds is 3. The highest BCUT2D eigenvalue weighted by molar-refractivity contribution is 5.80. The molecular formula is C14H12N2O2. The minimum Gasteiger partial charge on any atom is -0.496 e. The van der Waals surface area contributed by atoms with Crippen LogP contribution in [0.3, 0.4) is 0 Å². The lowest BCUT2D eigenvalue weighted by Crippen LogP contribution is -1.89. The van der Waals surface area contributed by atoms with Crippen molar-refractivity contribution in [1.82, 2.24) is 4.98 Å². The number of pyridine rings is 1. The second-order valence-electron chi connectivity index (χ2n) is 3.80. The molecule has 4 heteroatoms. The van der Waals surface area contributed by atoms with E-state index in [4.69, 9.17) is 4.74 Å². The van der Waals surface area contributed by atoms with Crippen LogP contribution in [0.15, 0.2) is 41.7 Å². The molecule has 0 bridgehead atoms. The molecule has 0 unspecified atom stereocenters. The van der Waals surface area contributed by atoms with Gasteiger partial charge in [-0.15, -0.1) is 0 Å². The summed E-state index contributed by atoms with van der Waals surface area (Å²) in [6, 6.07) is 7.64. The number of carbonyl (C=O) groups excluding carboxylic acids is 1. The Hall–Kier alpha value is -2.45. The van der Waals surface area contributed by atoms with E-state index in [2.05, 4.69) is 9.98 Å². The Morgan fingerprint density at radius 2 is 2.11 bits per heavy atom. The van der Waals surface area contributed by atoms with Gasteiger partial charge in [0.15, 0.2) is 0 Å². The Kier molecular flexibility index (Phi) is 3.51. The van der Waals surface area contributed by atoms with Crippen molar-refractivity contribution in [3.8, 4) is 16.9 Å². The van der Waals surface area contributed by atoms with Crippen LogP contribution in [-0.2, 0) is 4.79 Å². The molecule has 0 saturated carbocycles. The Morgan fingerprint density at radius 1 is 1.28 bits per heavy atom. The van der Waals surface area contributed by atoms with Gasteiger partial charge < -0.3 is 4.74 Å². The molecule has 1 aromatic heterocycles. The molecule has 0 amide bonds. The normalized spacial score (nSPS) is 9.67. The lowest BCUT2D eigenvalue weighted by atomic mass is 10.0. The lowest BCUT2D eigenvalue weighted by Gasteiger charge is -2.10. The van der Waals surface area contributed by atoms with Gasteiger partial charge >= 0.3 is 0 Å². The van der Waals surface area contributed by atoms with Gasteiger partial charge in [0, 0.05) is 17.3 Å². The monoisotopic (exact) mass is 240 g/mol. The van der Waals surface area contributed by atoms with Gasteiger partial charge in [-0.1, -0.05) is 11.6 Å². The van der Waals surface area contributed by atoms with E-state index in [1.807, 2.05) is 25.1 Å². The SMILES string of the molecule is COc1ccc(C)cc1-c1ccncc1N=C=O. The van der Waals surface area contributed by atoms with Gasteiger partial charge in [0.05, 0.1) is 13.3 Å². The molecule has 1 aromatic carbocycles. The number of benzene rings is 1. The highest BCUT2D eigenvalue weighted by Gasteiger charge is 2.10. The third-order valence-electron chi connectivity index (χ3n) is 2.61. The van der Waals surface area contributed by atoms with E-state index in [1.165, 1.54) is 6.20 Å². The summed E-state index contributed by atoms with van der Waals surface area (Å²) in [4.78, 5) is 18.0. The predicted molar refractivity (Wildman–Crippen MR) is 68.7 cm³/mol. The van der Waals surface area contributed by atoms with Gasteiger partial charge in [-0.3, -0.25) is 4.98 Å². The molecule has 0 aliphatic rings. The molecule has 0 saturated heterocycles. The molecule has 0 N–H and O–H groups in total. The molecule has 0 atom stereocenters. The first kappa shape index (κ1) is 12.0. The summed E-state index contributed by atoms with van der Waals surface area (Å²) in [7, 11) is 1.61. The molecule has 1 heterocycles. The molecule has 0 aliphatic carbocycles. The second-order valence-corrected chi connectivity index (χ2v) is 3.80. The van der Waals surface area contributed by atoms with Crippen molar-refractivity contribution in [3.63, 3.8) is 0 Å².